The molecule has 0 aromatic heterocycles. The van der Waals surface area contributed by atoms with E-state index in [1.54, 1.807) is 24.3 Å². The summed E-state index contributed by atoms with van der Waals surface area (Å²) in [6.45, 7) is 0.884. The van der Waals surface area contributed by atoms with Crippen LogP contribution in [0.25, 0.3) is 0 Å². The molecule has 0 amide bonds. The van der Waals surface area contributed by atoms with Crippen LogP contribution in [0.3, 0.4) is 0 Å². The molecule has 0 spiro atoms. The van der Waals surface area contributed by atoms with Crippen LogP contribution in [-0.2, 0) is 10.0 Å². The Kier molecular flexibility index (Phi) is 4.13. The molecule has 2 rings (SSSR count). The highest BCUT2D eigenvalue weighted by atomic mass is 32.2. The third-order valence-electron chi connectivity index (χ3n) is 3.60. The van der Waals surface area contributed by atoms with E-state index in [0.29, 0.717) is 5.92 Å². The van der Waals surface area contributed by atoms with E-state index < -0.39 is 10.0 Å². The molecule has 1 saturated carbocycles. The van der Waals surface area contributed by atoms with Crippen LogP contribution >= 0.6 is 0 Å². The number of hydrogen-bond donors (Lipinski definition) is 2. The van der Waals surface area contributed by atoms with Crippen LogP contribution in [0.1, 0.15) is 12.8 Å². The van der Waals surface area contributed by atoms with E-state index in [4.69, 9.17) is 0 Å². The first-order chi connectivity index (χ1) is 8.92. The summed E-state index contributed by atoms with van der Waals surface area (Å²) in [4.78, 5) is 2.36. The lowest BCUT2D eigenvalue weighted by atomic mass is 9.82. The highest BCUT2D eigenvalue weighted by molar-refractivity contribution is 7.89. The Morgan fingerprint density at radius 2 is 1.89 bits per heavy atom. The number of hydrogen-bond acceptors (Lipinski definition) is 4. The van der Waals surface area contributed by atoms with E-state index in [9.17, 15) is 13.5 Å². The van der Waals surface area contributed by atoms with Gasteiger partial charge in [0, 0.05) is 19.3 Å². The fourth-order valence-corrected chi connectivity index (χ4v) is 3.07. The van der Waals surface area contributed by atoms with E-state index in [2.05, 4.69) is 9.62 Å². The first-order valence-electron chi connectivity index (χ1n) is 6.35. The van der Waals surface area contributed by atoms with Crippen molar-refractivity contribution >= 4 is 15.7 Å². The van der Waals surface area contributed by atoms with Crippen molar-refractivity contribution in [2.75, 3.05) is 25.5 Å². The second kappa shape index (κ2) is 5.48. The van der Waals surface area contributed by atoms with Gasteiger partial charge < -0.3 is 10.0 Å². The first-order valence-corrected chi connectivity index (χ1v) is 7.83. The van der Waals surface area contributed by atoms with Crippen molar-refractivity contribution in [1.29, 1.82) is 0 Å². The van der Waals surface area contributed by atoms with Crippen molar-refractivity contribution in [1.82, 2.24) is 4.72 Å². The van der Waals surface area contributed by atoms with Crippen molar-refractivity contribution in [3.8, 4) is 0 Å². The Bertz CT molecular complexity index is 521. The second-order valence-electron chi connectivity index (χ2n) is 5.07. The quantitative estimate of drug-likeness (QED) is 0.839. The molecule has 1 aromatic carbocycles. The molecular formula is C13H20N2O3S. The standard InChI is InChI=1S/C13H20N2O3S/c1-14-19(17,18)13-5-3-11(4-6-13)15(2)9-10-7-12(16)8-10/h3-6,10,12,14,16H,7-9H2,1-2H3. The van der Waals surface area contributed by atoms with Crippen molar-refractivity contribution < 1.29 is 13.5 Å². The summed E-state index contributed by atoms with van der Waals surface area (Å²) in [5, 5.41) is 9.26. The van der Waals surface area contributed by atoms with E-state index in [1.165, 1.54) is 7.05 Å². The Labute approximate surface area is 114 Å². The van der Waals surface area contributed by atoms with Crippen LogP contribution in [0.2, 0.25) is 0 Å². The minimum atomic E-state index is -3.37. The zero-order valence-electron chi connectivity index (χ0n) is 11.2. The van der Waals surface area contributed by atoms with Crippen molar-refractivity contribution in [2.45, 2.75) is 23.8 Å². The Morgan fingerprint density at radius 3 is 2.37 bits per heavy atom. The van der Waals surface area contributed by atoms with Crippen molar-refractivity contribution in [2.24, 2.45) is 5.92 Å². The topological polar surface area (TPSA) is 69.6 Å². The molecule has 19 heavy (non-hydrogen) atoms. The number of nitrogens with one attached hydrogen (secondary N) is 1. The van der Waals surface area contributed by atoms with Gasteiger partial charge in [-0.15, -0.1) is 0 Å². The SMILES string of the molecule is CNS(=O)(=O)c1ccc(N(C)CC2CC(O)C2)cc1. The first kappa shape index (κ1) is 14.3. The van der Waals surface area contributed by atoms with Crippen molar-refractivity contribution in [3.63, 3.8) is 0 Å². The van der Waals surface area contributed by atoms with Gasteiger partial charge in [0.15, 0.2) is 0 Å². The zero-order chi connectivity index (χ0) is 14.0. The molecule has 0 bridgehead atoms. The highest BCUT2D eigenvalue weighted by Crippen LogP contribution is 2.29. The number of aliphatic hydroxyl groups is 1. The van der Waals surface area contributed by atoms with Crippen LogP contribution in [0.5, 0.6) is 0 Å². The number of nitrogens with zero attached hydrogens (tertiary/aromatic N) is 1. The molecule has 0 aliphatic heterocycles. The maximum atomic E-state index is 11.6. The van der Waals surface area contributed by atoms with Gasteiger partial charge >= 0.3 is 0 Å². The van der Waals surface area contributed by atoms with Crippen molar-refractivity contribution in [3.05, 3.63) is 24.3 Å². The molecule has 0 saturated heterocycles. The normalized spacial score (nSPS) is 22.9. The van der Waals surface area contributed by atoms with Gasteiger partial charge in [-0.1, -0.05) is 0 Å². The van der Waals surface area contributed by atoms with Crippen LogP contribution < -0.4 is 9.62 Å². The summed E-state index contributed by atoms with van der Waals surface area (Å²) >= 11 is 0. The Hall–Kier alpha value is -1.11. The molecule has 5 nitrogen and oxygen atoms in total. The summed E-state index contributed by atoms with van der Waals surface area (Å²) in [6.07, 6.45) is 1.58. The molecule has 0 heterocycles. The fraction of sp³-hybridized carbons (Fsp3) is 0.538. The number of rotatable bonds is 5. The molecule has 0 radical (unpaired) electrons. The van der Waals surface area contributed by atoms with Gasteiger partial charge in [-0.25, -0.2) is 13.1 Å². The van der Waals surface area contributed by atoms with Crippen LogP contribution in [0, 0.1) is 5.92 Å². The van der Waals surface area contributed by atoms with Gasteiger partial charge in [0.05, 0.1) is 11.0 Å². The minimum absolute atomic E-state index is 0.137. The molecule has 1 aromatic rings. The van der Waals surface area contributed by atoms with E-state index in [-0.39, 0.29) is 11.0 Å². The number of sulfonamides is 1. The van der Waals surface area contributed by atoms with Gasteiger partial charge in [-0.05, 0) is 50.1 Å². The van der Waals surface area contributed by atoms with Gasteiger partial charge in [0.2, 0.25) is 10.0 Å². The molecule has 1 aliphatic carbocycles. The highest BCUT2D eigenvalue weighted by Gasteiger charge is 2.28. The summed E-state index contributed by atoms with van der Waals surface area (Å²) in [5.74, 6) is 0.528. The van der Waals surface area contributed by atoms with E-state index in [1.807, 2.05) is 7.05 Å². The van der Waals surface area contributed by atoms with Crippen LogP contribution in [-0.4, -0.2) is 40.3 Å². The van der Waals surface area contributed by atoms with E-state index >= 15 is 0 Å². The van der Waals surface area contributed by atoms with Gasteiger partial charge in [0.1, 0.15) is 0 Å². The number of anilines is 1. The summed E-state index contributed by atoms with van der Waals surface area (Å²) in [5.41, 5.74) is 0.983. The second-order valence-corrected chi connectivity index (χ2v) is 6.96. The number of aliphatic hydroxyl groups excluding tert-OH is 1. The Morgan fingerprint density at radius 1 is 1.32 bits per heavy atom. The third-order valence-corrected chi connectivity index (χ3v) is 5.03. The molecule has 0 unspecified atom stereocenters. The zero-order valence-corrected chi connectivity index (χ0v) is 12.0. The maximum absolute atomic E-state index is 11.6. The molecule has 6 heteroatoms. The molecule has 2 N–H and O–H groups in total. The lowest BCUT2D eigenvalue weighted by molar-refractivity contribution is 0.0465. The van der Waals surface area contributed by atoms with Crippen LogP contribution in [0.4, 0.5) is 5.69 Å². The predicted molar refractivity (Wildman–Crippen MR) is 74.7 cm³/mol. The minimum Gasteiger partial charge on any atom is -0.393 e. The molecular weight excluding hydrogens is 264 g/mol. The Balaban J connectivity index is 2.02. The van der Waals surface area contributed by atoms with Gasteiger partial charge in [-0.2, -0.15) is 0 Å². The summed E-state index contributed by atoms with van der Waals surface area (Å²) < 4.78 is 25.5. The largest absolute Gasteiger partial charge is 0.393 e. The smallest absolute Gasteiger partial charge is 0.240 e. The fourth-order valence-electron chi connectivity index (χ4n) is 2.34. The average Bonchev–Trinajstić information content (AvgIpc) is 2.37. The lowest BCUT2D eigenvalue weighted by Gasteiger charge is -2.35. The summed E-state index contributed by atoms with van der Waals surface area (Å²) in [6, 6.07) is 6.82. The molecule has 1 aliphatic rings. The van der Waals surface area contributed by atoms with E-state index in [0.717, 1.165) is 25.1 Å². The monoisotopic (exact) mass is 284 g/mol. The molecule has 0 atom stereocenters. The summed E-state index contributed by atoms with van der Waals surface area (Å²) in [7, 11) is 0.0125. The van der Waals surface area contributed by atoms with Gasteiger partial charge in [0.25, 0.3) is 0 Å². The van der Waals surface area contributed by atoms with Gasteiger partial charge in [-0.3, -0.25) is 0 Å². The molecule has 106 valence electrons. The molecule has 1 fully saturated rings. The number of benzene rings is 1. The maximum Gasteiger partial charge on any atom is 0.240 e. The third kappa shape index (κ3) is 3.26. The predicted octanol–water partition coefficient (Wildman–Crippen LogP) is 0.802. The lowest BCUT2D eigenvalue weighted by Crippen LogP contribution is -2.37. The average molecular weight is 284 g/mol. The van der Waals surface area contributed by atoms with Crippen LogP contribution in [0.15, 0.2) is 29.2 Å².